The topological polar surface area (TPSA) is 46.2 Å². The fourth-order valence-corrected chi connectivity index (χ4v) is 2.73. The largest absolute Gasteiger partial charge is 0.281 e. The molecule has 0 bridgehead atoms. The van der Waals surface area contributed by atoms with Gasteiger partial charge in [0.05, 0.1) is 16.5 Å². The molecular weight excluding hydrogens is 288 g/mol. The van der Waals surface area contributed by atoms with Crippen LogP contribution in [0.15, 0.2) is 18.2 Å². The standard InChI is InChI=1S/C10H12Cl2FNO2S/c11-6-1-2-7-17(15,16)14-9-5-3-4-8(12)10(9)13/h3-5,14H,1-2,6-7H2. The number of hydrogen-bond acceptors (Lipinski definition) is 2. The van der Waals surface area contributed by atoms with Crippen molar-refractivity contribution in [2.45, 2.75) is 12.8 Å². The Morgan fingerprint density at radius 3 is 2.65 bits per heavy atom. The molecule has 0 aliphatic heterocycles. The third-order valence-electron chi connectivity index (χ3n) is 2.01. The molecule has 0 aliphatic carbocycles. The molecule has 0 heterocycles. The summed E-state index contributed by atoms with van der Waals surface area (Å²) in [7, 11) is -3.55. The molecule has 3 nitrogen and oxygen atoms in total. The Balaban J connectivity index is 2.73. The molecule has 0 saturated heterocycles. The SMILES string of the molecule is O=S(=O)(CCCCCl)Nc1cccc(Cl)c1F. The summed E-state index contributed by atoms with van der Waals surface area (Å²) in [4.78, 5) is 0. The average Bonchev–Trinajstić information content (AvgIpc) is 2.25. The van der Waals surface area contributed by atoms with Crippen LogP contribution in [0.1, 0.15) is 12.8 Å². The quantitative estimate of drug-likeness (QED) is 0.647. The molecule has 96 valence electrons. The summed E-state index contributed by atoms with van der Waals surface area (Å²) in [5.41, 5.74) is -0.136. The van der Waals surface area contributed by atoms with E-state index in [1.807, 2.05) is 0 Å². The second-order valence-corrected chi connectivity index (χ2v) is 6.05. The fraction of sp³-hybridized carbons (Fsp3) is 0.400. The van der Waals surface area contributed by atoms with E-state index >= 15 is 0 Å². The summed E-state index contributed by atoms with van der Waals surface area (Å²) >= 11 is 11.0. The molecule has 0 radical (unpaired) electrons. The van der Waals surface area contributed by atoms with Gasteiger partial charge in [0.1, 0.15) is 0 Å². The lowest BCUT2D eigenvalue weighted by Crippen LogP contribution is -2.17. The van der Waals surface area contributed by atoms with Crippen molar-refractivity contribution in [3.63, 3.8) is 0 Å². The first-order chi connectivity index (χ1) is 7.96. The smallest absolute Gasteiger partial charge is 0.232 e. The van der Waals surface area contributed by atoms with Crippen LogP contribution < -0.4 is 4.72 Å². The maximum atomic E-state index is 13.4. The van der Waals surface area contributed by atoms with E-state index in [1.54, 1.807) is 0 Å². The molecule has 0 spiro atoms. The highest BCUT2D eigenvalue weighted by Crippen LogP contribution is 2.23. The van der Waals surface area contributed by atoms with Gasteiger partial charge in [-0.15, -0.1) is 11.6 Å². The van der Waals surface area contributed by atoms with Gasteiger partial charge >= 0.3 is 0 Å². The minimum absolute atomic E-state index is 0.0916. The first-order valence-electron chi connectivity index (χ1n) is 4.97. The number of alkyl halides is 1. The van der Waals surface area contributed by atoms with Crippen molar-refractivity contribution in [1.29, 1.82) is 0 Å². The van der Waals surface area contributed by atoms with Crippen molar-refractivity contribution < 1.29 is 12.8 Å². The van der Waals surface area contributed by atoms with Crippen LogP contribution >= 0.6 is 23.2 Å². The number of unbranched alkanes of at least 4 members (excludes halogenated alkanes) is 1. The summed E-state index contributed by atoms with van der Waals surface area (Å²) < 4.78 is 38.7. The monoisotopic (exact) mass is 299 g/mol. The zero-order valence-corrected chi connectivity index (χ0v) is 11.2. The van der Waals surface area contributed by atoms with Crippen LogP contribution in [0, 0.1) is 5.82 Å². The Labute approximate surface area is 110 Å². The van der Waals surface area contributed by atoms with Crippen LogP contribution in [-0.2, 0) is 10.0 Å². The van der Waals surface area contributed by atoms with Crippen molar-refractivity contribution in [3.8, 4) is 0 Å². The van der Waals surface area contributed by atoms with Gasteiger partial charge in [-0.1, -0.05) is 17.7 Å². The molecule has 0 fully saturated rings. The Kier molecular flexibility index (Phi) is 5.49. The Morgan fingerprint density at radius 2 is 2.00 bits per heavy atom. The second-order valence-electron chi connectivity index (χ2n) is 3.42. The molecule has 0 aliphatic rings. The van der Waals surface area contributed by atoms with E-state index in [0.29, 0.717) is 18.7 Å². The fourth-order valence-electron chi connectivity index (χ4n) is 1.19. The van der Waals surface area contributed by atoms with Crippen molar-refractivity contribution in [1.82, 2.24) is 0 Å². The first-order valence-corrected chi connectivity index (χ1v) is 7.53. The number of benzene rings is 1. The molecule has 0 saturated carbocycles. The van der Waals surface area contributed by atoms with E-state index in [9.17, 15) is 12.8 Å². The van der Waals surface area contributed by atoms with Gasteiger partial charge in [-0.25, -0.2) is 12.8 Å². The van der Waals surface area contributed by atoms with Crippen molar-refractivity contribution in [3.05, 3.63) is 29.0 Å². The van der Waals surface area contributed by atoms with E-state index in [2.05, 4.69) is 4.72 Å². The lowest BCUT2D eigenvalue weighted by Gasteiger charge is -2.09. The van der Waals surface area contributed by atoms with Gasteiger partial charge < -0.3 is 0 Å². The van der Waals surface area contributed by atoms with Crippen LogP contribution in [0.3, 0.4) is 0 Å². The van der Waals surface area contributed by atoms with Gasteiger partial charge in [0, 0.05) is 5.88 Å². The number of rotatable bonds is 6. The maximum Gasteiger partial charge on any atom is 0.232 e. The molecule has 0 amide bonds. The predicted molar refractivity (Wildman–Crippen MR) is 68.8 cm³/mol. The third-order valence-corrected chi connectivity index (χ3v) is 3.93. The van der Waals surface area contributed by atoms with Gasteiger partial charge in [0.25, 0.3) is 0 Å². The Bertz CT molecular complexity index is 479. The van der Waals surface area contributed by atoms with Gasteiger partial charge in [0.15, 0.2) is 5.82 Å². The molecule has 1 aromatic carbocycles. The number of anilines is 1. The Hall–Kier alpha value is -0.520. The zero-order chi connectivity index (χ0) is 12.9. The maximum absolute atomic E-state index is 13.4. The van der Waals surface area contributed by atoms with Crippen LogP contribution in [0.25, 0.3) is 0 Å². The van der Waals surface area contributed by atoms with E-state index < -0.39 is 15.8 Å². The number of nitrogens with one attached hydrogen (secondary N) is 1. The zero-order valence-electron chi connectivity index (χ0n) is 8.92. The van der Waals surface area contributed by atoms with Crippen LogP contribution in [0.2, 0.25) is 5.02 Å². The summed E-state index contributed by atoms with van der Waals surface area (Å²) in [6.07, 6.45) is 1.03. The van der Waals surface area contributed by atoms with E-state index in [0.717, 1.165) is 0 Å². The van der Waals surface area contributed by atoms with Crippen molar-refractivity contribution in [2.24, 2.45) is 0 Å². The summed E-state index contributed by atoms with van der Waals surface area (Å²) in [5, 5.41) is -0.119. The molecule has 0 unspecified atom stereocenters. The lowest BCUT2D eigenvalue weighted by molar-refractivity contribution is 0.595. The van der Waals surface area contributed by atoms with Crippen molar-refractivity contribution >= 4 is 38.9 Å². The van der Waals surface area contributed by atoms with Crippen LogP contribution in [0.5, 0.6) is 0 Å². The minimum atomic E-state index is -3.55. The van der Waals surface area contributed by atoms with Crippen LogP contribution in [-0.4, -0.2) is 20.1 Å². The Morgan fingerprint density at radius 1 is 1.29 bits per heavy atom. The second kappa shape index (κ2) is 6.42. The first kappa shape index (κ1) is 14.5. The highest BCUT2D eigenvalue weighted by atomic mass is 35.5. The number of hydrogen-bond donors (Lipinski definition) is 1. The molecule has 1 aromatic rings. The molecule has 0 aromatic heterocycles. The molecule has 17 heavy (non-hydrogen) atoms. The number of halogens is 3. The van der Waals surface area contributed by atoms with Gasteiger partial charge in [-0.05, 0) is 25.0 Å². The highest BCUT2D eigenvalue weighted by molar-refractivity contribution is 7.92. The number of sulfonamides is 1. The molecular formula is C10H12Cl2FNO2S. The third kappa shape index (κ3) is 4.69. The normalized spacial score (nSPS) is 11.5. The summed E-state index contributed by atoms with van der Waals surface area (Å²) in [5.74, 6) is -0.456. The van der Waals surface area contributed by atoms with Crippen LogP contribution in [0.4, 0.5) is 10.1 Å². The van der Waals surface area contributed by atoms with E-state index in [1.165, 1.54) is 18.2 Å². The van der Waals surface area contributed by atoms with Crippen molar-refractivity contribution in [2.75, 3.05) is 16.4 Å². The highest BCUT2D eigenvalue weighted by Gasteiger charge is 2.14. The predicted octanol–water partition coefficient (Wildman–Crippen LogP) is 3.24. The van der Waals surface area contributed by atoms with Gasteiger partial charge in [-0.2, -0.15) is 0 Å². The average molecular weight is 300 g/mol. The summed E-state index contributed by atoms with van der Waals surface area (Å²) in [6.45, 7) is 0. The molecule has 1 rings (SSSR count). The molecule has 1 N–H and O–H groups in total. The minimum Gasteiger partial charge on any atom is -0.281 e. The van der Waals surface area contributed by atoms with E-state index in [-0.39, 0.29) is 16.5 Å². The molecule has 0 atom stereocenters. The molecule has 7 heteroatoms. The van der Waals surface area contributed by atoms with E-state index in [4.69, 9.17) is 23.2 Å². The summed E-state index contributed by atoms with van der Waals surface area (Å²) in [6, 6.07) is 4.14. The van der Waals surface area contributed by atoms with Gasteiger partial charge in [0.2, 0.25) is 10.0 Å². The van der Waals surface area contributed by atoms with Gasteiger partial charge in [-0.3, -0.25) is 4.72 Å². The lowest BCUT2D eigenvalue weighted by atomic mass is 10.3.